The SMILES string of the molecule is CCN1CCC[C@@H](c2nccn2-c2cccc(Cl)c2C)C1. The fourth-order valence-electron chi connectivity index (χ4n) is 3.23. The molecule has 0 saturated carbocycles. The van der Waals surface area contributed by atoms with E-state index in [1.807, 2.05) is 18.3 Å². The smallest absolute Gasteiger partial charge is 0.117 e. The Balaban J connectivity index is 1.95. The minimum Gasteiger partial charge on any atom is -0.303 e. The number of likely N-dealkylation sites (N-methyl/N-ethyl adjacent to an activating group) is 1. The van der Waals surface area contributed by atoms with Crippen LogP contribution in [0.1, 0.15) is 37.1 Å². The van der Waals surface area contributed by atoms with Gasteiger partial charge in [-0.15, -0.1) is 0 Å². The lowest BCUT2D eigenvalue weighted by molar-refractivity contribution is 0.213. The summed E-state index contributed by atoms with van der Waals surface area (Å²) in [4.78, 5) is 7.16. The number of benzene rings is 1. The van der Waals surface area contributed by atoms with Crippen LogP contribution in [0.2, 0.25) is 5.02 Å². The predicted molar refractivity (Wildman–Crippen MR) is 87.4 cm³/mol. The van der Waals surface area contributed by atoms with Gasteiger partial charge in [0.05, 0.1) is 5.69 Å². The van der Waals surface area contributed by atoms with Crippen molar-refractivity contribution in [1.29, 1.82) is 0 Å². The normalized spacial score (nSPS) is 19.9. The number of aromatic nitrogens is 2. The van der Waals surface area contributed by atoms with Crippen molar-refractivity contribution in [2.75, 3.05) is 19.6 Å². The molecule has 0 bridgehead atoms. The molecule has 2 aromatic rings. The van der Waals surface area contributed by atoms with Crippen LogP contribution in [0.4, 0.5) is 0 Å². The summed E-state index contributed by atoms with van der Waals surface area (Å²) >= 11 is 6.27. The summed E-state index contributed by atoms with van der Waals surface area (Å²) in [6.45, 7) is 7.74. The zero-order valence-electron chi connectivity index (χ0n) is 12.7. The minimum atomic E-state index is 0.507. The molecule has 0 unspecified atom stereocenters. The molecule has 0 aliphatic carbocycles. The van der Waals surface area contributed by atoms with Crippen molar-refractivity contribution >= 4 is 11.6 Å². The lowest BCUT2D eigenvalue weighted by atomic mass is 9.97. The second-order valence-electron chi connectivity index (χ2n) is 5.77. The Morgan fingerprint density at radius 2 is 2.24 bits per heavy atom. The van der Waals surface area contributed by atoms with E-state index < -0.39 is 0 Å². The molecular formula is C17H22ClN3. The van der Waals surface area contributed by atoms with Crippen LogP contribution in [0.25, 0.3) is 5.69 Å². The number of likely N-dealkylation sites (tertiary alicyclic amines) is 1. The molecule has 1 aromatic heterocycles. The lowest BCUT2D eigenvalue weighted by Crippen LogP contribution is -2.35. The average molecular weight is 304 g/mol. The van der Waals surface area contributed by atoms with Crippen LogP contribution < -0.4 is 0 Å². The lowest BCUT2D eigenvalue weighted by Gasteiger charge is -2.31. The molecule has 1 aromatic carbocycles. The van der Waals surface area contributed by atoms with Gasteiger partial charge in [0, 0.05) is 29.9 Å². The van der Waals surface area contributed by atoms with E-state index in [2.05, 4.69) is 40.6 Å². The molecule has 1 aliphatic rings. The topological polar surface area (TPSA) is 21.1 Å². The van der Waals surface area contributed by atoms with Crippen molar-refractivity contribution in [1.82, 2.24) is 14.5 Å². The average Bonchev–Trinajstić information content (AvgIpc) is 2.99. The van der Waals surface area contributed by atoms with E-state index in [1.165, 1.54) is 25.2 Å². The fourth-order valence-corrected chi connectivity index (χ4v) is 3.40. The largest absolute Gasteiger partial charge is 0.303 e. The van der Waals surface area contributed by atoms with Crippen LogP contribution in [0, 0.1) is 6.92 Å². The molecule has 21 heavy (non-hydrogen) atoms. The standard InChI is InChI=1S/C17H22ClN3/c1-3-20-10-5-6-14(12-20)17-19-9-11-21(17)16-8-4-7-15(18)13(16)2/h4,7-9,11,14H,3,5-6,10,12H2,1-2H3/t14-/m1/s1. The Bertz CT molecular complexity index is 620. The first-order valence-electron chi connectivity index (χ1n) is 7.71. The first kappa shape index (κ1) is 14.6. The minimum absolute atomic E-state index is 0.507. The highest BCUT2D eigenvalue weighted by Crippen LogP contribution is 2.29. The zero-order chi connectivity index (χ0) is 14.8. The van der Waals surface area contributed by atoms with Crippen LogP contribution in [-0.2, 0) is 0 Å². The molecule has 2 heterocycles. The second-order valence-corrected chi connectivity index (χ2v) is 6.18. The summed E-state index contributed by atoms with van der Waals surface area (Å²) in [6.07, 6.45) is 6.42. The van der Waals surface area contributed by atoms with Gasteiger partial charge < -0.3 is 9.47 Å². The maximum atomic E-state index is 6.27. The Morgan fingerprint density at radius 3 is 3.05 bits per heavy atom. The van der Waals surface area contributed by atoms with Gasteiger partial charge in [-0.2, -0.15) is 0 Å². The van der Waals surface area contributed by atoms with Crippen molar-refractivity contribution in [3.8, 4) is 5.69 Å². The second kappa shape index (κ2) is 6.20. The number of piperidine rings is 1. The summed E-state index contributed by atoms with van der Waals surface area (Å²) in [5.41, 5.74) is 2.25. The van der Waals surface area contributed by atoms with Crippen LogP contribution in [0.3, 0.4) is 0 Å². The number of rotatable bonds is 3. The zero-order valence-corrected chi connectivity index (χ0v) is 13.5. The first-order valence-corrected chi connectivity index (χ1v) is 8.09. The Hall–Kier alpha value is -1.32. The van der Waals surface area contributed by atoms with Gasteiger partial charge in [-0.05, 0) is 50.6 Å². The van der Waals surface area contributed by atoms with E-state index in [1.54, 1.807) is 0 Å². The van der Waals surface area contributed by atoms with Gasteiger partial charge in [0.1, 0.15) is 5.82 Å². The van der Waals surface area contributed by atoms with Crippen molar-refractivity contribution in [2.45, 2.75) is 32.6 Å². The number of hydrogen-bond donors (Lipinski definition) is 0. The van der Waals surface area contributed by atoms with Crippen molar-refractivity contribution in [3.05, 3.63) is 47.0 Å². The summed E-state index contributed by atoms with van der Waals surface area (Å²) in [5, 5.41) is 0.811. The molecule has 4 heteroatoms. The summed E-state index contributed by atoms with van der Waals surface area (Å²) in [6, 6.07) is 6.07. The number of imidazole rings is 1. The van der Waals surface area contributed by atoms with Crippen molar-refractivity contribution < 1.29 is 0 Å². The number of halogens is 1. The highest BCUT2D eigenvalue weighted by molar-refractivity contribution is 6.31. The third kappa shape index (κ3) is 2.85. The van der Waals surface area contributed by atoms with E-state index in [9.17, 15) is 0 Å². The maximum absolute atomic E-state index is 6.27. The van der Waals surface area contributed by atoms with E-state index in [0.29, 0.717) is 5.92 Å². The maximum Gasteiger partial charge on any atom is 0.117 e. The highest BCUT2D eigenvalue weighted by Gasteiger charge is 2.24. The molecule has 0 amide bonds. The molecule has 0 radical (unpaired) electrons. The van der Waals surface area contributed by atoms with Gasteiger partial charge in [0.25, 0.3) is 0 Å². The molecule has 1 fully saturated rings. The van der Waals surface area contributed by atoms with Crippen molar-refractivity contribution in [2.24, 2.45) is 0 Å². The van der Waals surface area contributed by atoms with Gasteiger partial charge in [-0.3, -0.25) is 0 Å². The monoisotopic (exact) mass is 303 g/mol. The molecule has 0 N–H and O–H groups in total. The Morgan fingerprint density at radius 1 is 1.38 bits per heavy atom. The Kier molecular flexibility index (Phi) is 4.32. The molecule has 0 spiro atoms. The molecule has 1 aliphatic heterocycles. The van der Waals surface area contributed by atoms with Crippen LogP contribution in [0.15, 0.2) is 30.6 Å². The summed E-state index contributed by atoms with van der Waals surface area (Å²) in [5.74, 6) is 1.67. The Labute approximate surface area is 131 Å². The fraction of sp³-hybridized carbons (Fsp3) is 0.471. The summed E-state index contributed by atoms with van der Waals surface area (Å²) in [7, 11) is 0. The highest BCUT2D eigenvalue weighted by atomic mass is 35.5. The van der Waals surface area contributed by atoms with E-state index >= 15 is 0 Å². The number of hydrogen-bond acceptors (Lipinski definition) is 2. The quantitative estimate of drug-likeness (QED) is 0.853. The molecule has 3 rings (SSSR count). The van der Waals surface area contributed by atoms with E-state index in [4.69, 9.17) is 11.6 Å². The summed E-state index contributed by atoms with van der Waals surface area (Å²) < 4.78 is 2.21. The predicted octanol–water partition coefficient (Wildman–Crippen LogP) is 4.03. The van der Waals surface area contributed by atoms with E-state index in [0.717, 1.165) is 29.4 Å². The van der Waals surface area contributed by atoms with Gasteiger partial charge in [0.2, 0.25) is 0 Å². The van der Waals surface area contributed by atoms with Gasteiger partial charge >= 0.3 is 0 Å². The molecule has 1 atom stereocenters. The third-order valence-corrected chi connectivity index (χ3v) is 4.90. The molecule has 112 valence electrons. The van der Waals surface area contributed by atoms with E-state index in [-0.39, 0.29) is 0 Å². The molecule has 1 saturated heterocycles. The van der Waals surface area contributed by atoms with Gasteiger partial charge in [-0.1, -0.05) is 24.6 Å². The van der Waals surface area contributed by atoms with Crippen molar-refractivity contribution in [3.63, 3.8) is 0 Å². The molecule has 3 nitrogen and oxygen atoms in total. The van der Waals surface area contributed by atoms with Crippen LogP contribution >= 0.6 is 11.6 Å². The molecular weight excluding hydrogens is 282 g/mol. The third-order valence-electron chi connectivity index (χ3n) is 4.49. The van der Waals surface area contributed by atoms with Crippen LogP contribution in [0.5, 0.6) is 0 Å². The first-order chi connectivity index (χ1) is 10.2. The van der Waals surface area contributed by atoms with Crippen LogP contribution in [-0.4, -0.2) is 34.1 Å². The van der Waals surface area contributed by atoms with Gasteiger partial charge in [0.15, 0.2) is 0 Å². The number of nitrogens with zero attached hydrogens (tertiary/aromatic N) is 3. The van der Waals surface area contributed by atoms with Gasteiger partial charge in [-0.25, -0.2) is 4.98 Å².